The van der Waals surface area contributed by atoms with Gasteiger partial charge in [-0.25, -0.2) is 9.18 Å². The van der Waals surface area contributed by atoms with Crippen molar-refractivity contribution >= 4 is 29.0 Å². The minimum absolute atomic E-state index is 0.228. The molecule has 114 valence electrons. The van der Waals surface area contributed by atoms with E-state index in [0.717, 1.165) is 0 Å². The first-order chi connectivity index (χ1) is 10.5. The predicted molar refractivity (Wildman–Crippen MR) is 81.8 cm³/mol. The third-order valence-electron chi connectivity index (χ3n) is 3.04. The fraction of sp³-hybridized carbons (Fsp3) is 0.125. The van der Waals surface area contributed by atoms with E-state index in [-0.39, 0.29) is 12.2 Å². The van der Waals surface area contributed by atoms with Crippen LogP contribution in [0.15, 0.2) is 48.5 Å². The van der Waals surface area contributed by atoms with Gasteiger partial charge in [0.15, 0.2) is 5.78 Å². The maximum atomic E-state index is 12.8. The smallest absolute Gasteiger partial charge is 0.326 e. The van der Waals surface area contributed by atoms with Crippen LogP contribution in [0.5, 0.6) is 0 Å². The Morgan fingerprint density at radius 2 is 1.68 bits per heavy atom. The molecule has 0 aliphatic rings. The van der Waals surface area contributed by atoms with Crippen LogP contribution in [0.25, 0.3) is 0 Å². The highest BCUT2D eigenvalue weighted by atomic mass is 35.5. The molecule has 0 saturated heterocycles. The number of rotatable bonds is 6. The van der Waals surface area contributed by atoms with Gasteiger partial charge in [-0.2, -0.15) is 0 Å². The van der Waals surface area contributed by atoms with Crippen molar-refractivity contribution in [2.24, 2.45) is 0 Å². The van der Waals surface area contributed by atoms with Crippen LogP contribution in [0.3, 0.4) is 0 Å². The maximum Gasteiger partial charge on any atom is 0.326 e. The first-order valence-electron chi connectivity index (χ1n) is 6.49. The average Bonchev–Trinajstić information content (AvgIpc) is 2.49. The topological polar surface area (TPSA) is 66.4 Å². The number of hydrogen-bond donors (Lipinski definition) is 2. The van der Waals surface area contributed by atoms with Crippen LogP contribution in [0.2, 0.25) is 5.02 Å². The second-order valence-corrected chi connectivity index (χ2v) is 5.11. The molecule has 0 saturated carbocycles. The van der Waals surface area contributed by atoms with Crippen LogP contribution in [-0.4, -0.2) is 22.9 Å². The predicted octanol–water partition coefficient (Wildman–Crippen LogP) is 3.62. The number of hydrogen-bond acceptors (Lipinski definition) is 3. The Morgan fingerprint density at radius 3 is 2.23 bits per heavy atom. The number of carboxylic acids is 1. The summed E-state index contributed by atoms with van der Waals surface area (Å²) in [6.45, 7) is 0. The Bertz CT molecular complexity index is 671. The van der Waals surface area contributed by atoms with Gasteiger partial charge in [0.2, 0.25) is 0 Å². The Kier molecular flexibility index (Phi) is 5.12. The van der Waals surface area contributed by atoms with Crippen molar-refractivity contribution in [1.29, 1.82) is 0 Å². The molecule has 6 heteroatoms. The molecule has 2 aromatic rings. The second kappa shape index (κ2) is 7.04. The monoisotopic (exact) mass is 321 g/mol. The summed E-state index contributed by atoms with van der Waals surface area (Å²) in [5, 5.41) is 12.4. The van der Waals surface area contributed by atoms with Gasteiger partial charge in [0.1, 0.15) is 11.9 Å². The van der Waals surface area contributed by atoms with Crippen molar-refractivity contribution in [2.75, 3.05) is 5.32 Å². The van der Waals surface area contributed by atoms with Gasteiger partial charge < -0.3 is 10.4 Å². The van der Waals surface area contributed by atoms with Crippen LogP contribution in [0, 0.1) is 5.82 Å². The van der Waals surface area contributed by atoms with Gasteiger partial charge in [0.05, 0.1) is 0 Å². The zero-order valence-electron chi connectivity index (χ0n) is 11.4. The van der Waals surface area contributed by atoms with E-state index in [4.69, 9.17) is 11.6 Å². The number of carbonyl (C=O) groups excluding carboxylic acids is 1. The van der Waals surface area contributed by atoms with Crippen molar-refractivity contribution < 1.29 is 19.1 Å². The second-order valence-electron chi connectivity index (χ2n) is 4.68. The lowest BCUT2D eigenvalue weighted by atomic mass is 10.0. The van der Waals surface area contributed by atoms with Crippen LogP contribution >= 0.6 is 11.6 Å². The van der Waals surface area contributed by atoms with Crippen molar-refractivity contribution in [3.05, 3.63) is 64.9 Å². The molecule has 2 rings (SSSR count). The lowest BCUT2D eigenvalue weighted by molar-refractivity contribution is -0.137. The summed E-state index contributed by atoms with van der Waals surface area (Å²) in [5.41, 5.74) is 0.814. The summed E-state index contributed by atoms with van der Waals surface area (Å²) >= 11 is 5.74. The summed E-state index contributed by atoms with van der Waals surface area (Å²) in [6, 6.07) is 10.4. The van der Waals surface area contributed by atoms with Crippen LogP contribution in [0.1, 0.15) is 16.8 Å². The van der Waals surface area contributed by atoms with Gasteiger partial charge in [0, 0.05) is 22.7 Å². The molecular formula is C16H13ClFNO3. The molecule has 22 heavy (non-hydrogen) atoms. The average molecular weight is 322 g/mol. The Labute approximate surface area is 131 Å². The van der Waals surface area contributed by atoms with Crippen molar-refractivity contribution in [3.8, 4) is 0 Å². The van der Waals surface area contributed by atoms with Crippen LogP contribution in [0.4, 0.5) is 10.1 Å². The summed E-state index contributed by atoms with van der Waals surface area (Å²) < 4.78 is 12.8. The largest absolute Gasteiger partial charge is 0.480 e. The number of nitrogens with one attached hydrogen (secondary N) is 1. The third-order valence-corrected chi connectivity index (χ3v) is 3.29. The van der Waals surface area contributed by atoms with Gasteiger partial charge in [-0.05, 0) is 48.5 Å². The molecule has 2 aromatic carbocycles. The Morgan fingerprint density at radius 1 is 1.09 bits per heavy atom. The minimum atomic E-state index is -1.16. The molecule has 0 spiro atoms. The molecular weight excluding hydrogens is 309 g/mol. The molecule has 0 fully saturated rings. The van der Waals surface area contributed by atoms with Crippen molar-refractivity contribution in [3.63, 3.8) is 0 Å². The van der Waals surface area contributed by atoms with Gasteiger partial charge in [0.25, 0.3) is 0 Å². The van der Waals surface area contributed by atoms with E-state index >= 15 is 0 Å². The molecule has 2 N–H and O–H groups in total. The summed E-state index contributed by atoms with van der Waals surface area (Å²) in [4.78, 5) is 23.4. The lowest BCUT2D eigenvalue weighted by Gasteiger charge is -2.15. The standard InChI is InChI=1S/C16H13ClFNO3/c17-11-3-1-10(2-4-11)15(20)9-14(16(21)22)19-13-7-5-12(18)6-8-13/h1-8,14,19H,9H2,(H,21,22)/t14-/m1/s1. The van der Waals surface area contributed by atoms with E-state index in [1.54, 1.807) is 24.3 Å². The summed E-state index contributed by atoms with van der Waals surface area (Å²) in [7, 11) is 0. The molecule has 4 nitrogen and oxygen atoms in total. The Hall–Kier alpha value is -2.40. The highest BCUT2D eigenvalue weighted by molar-refractivity contribution is 6.30. The number of carbonyl (C=O) groups is 2. The van der Waals surface area contributed by atoms with Crippen LogP contribution < -0.4 is 5.32 Å². The zero-order valence-corrected chi connectivity index (χ0v) is 12.2. The maximum absolute atomic E-state index is 12.8. The first kappa shape index (κ1) is 16.0. The molecule has 0 bridgehead atoms. The van der Waals surface area contributed by atoms with E-state index < -0.39 is 17.8 Å². The summed E-state index contributed by atoms with van der Waals surface area (Å²) in [5.74, 6) is -1.90. The van der Waals surface area contributed by atoms with Crippen molar-refractivity contribution in [2.45, 2.75) is 12.5 Å². The molecule has 0 aliphatic heterocycles. The van der Waals surface area contributed by atoms with Crippen molar-refractivity contribution in [1.82, 2.24) is 0 Å². The number of anilines is 1. The SMILES string of the molecule is O=C(C[C@@H](Nc1ccc(F)cc1)C(=O)O)c1ccc(Cl)cc1. The van der Waals surface area contributed by atoms with Gasteiger partial charge in [-0.3, -0.25) is 4.79 Å². The van der Waals surface area contributed by atoms with E-state index in [2.05, 4.69) is 5.32 Å². The van der Waals surface area contributed by atoms with Crippen LogP contribution in [-0.2, 0) is 4.79 Å². The van der Waals surface area contributed by atoms with E-state index in [1.165, 1.54) is 24.3 Å². The number of Topliss-reactive ketones (excluding diaryl/α,β-unsaturated/α-hetero) is 1. The van der Waals surface area contributed by atoms with E-state index in [0.29, 0.717) is 16.3 Å². The fourth-order valence-electron chi connectivity index (χ4n) is 1.89. The van der Waals surface area contributed by atoms with Gasteiger partial charge in [-0.1, -0.05) is 11.6 Å². The van der Waals surface area contributed by atoms with Gasteiger partial charge >= 0.3 is 5.97 Å². The molecule has 0 amide bonds. The highest BCUT2D eigenvalue weighted by Crippen LogP contribution is 2.15. The molecule has 0 aromatic heterocycles. The fourth-order valence-corrected chi connectivity index (χ4v) is 2.01. The molecule has 1 atom stereocenters. The third kappa shape index (κ3) is 4.30. The Balaban J connectivity index is 2.08. The molecule has 0 heterocycles. The zero-order chi connectivity index (χ0) is 16.1. The van der Waals surface area contributed by atoms with E-state index in [9.17, 15) is 19.1 Å². The first-order valence-corrected chi connectivity index (χ1v) is 6.87. The minimum Gasteiger partial charge on any atom is -0.480 e. The molecule has 0 radical (unpaired) electrons. The number of halogens is 2. The lowest BCUT2D eigenvalue weighted by Crippen LogP contribution is -2.31. The summed E-state index contributed by atoms with van der Waals surface area (Å²) in [6.07, 6.45) is -0.228. The van der Waals surface area contributed by atoms with Gasteiger partial charge in [-0.15, -0.1) is 0 Å². The number of ketones is 1. The highest BCUT2D eigenvalue weighted by Gasteiger charge is 2.22. The quantitative estimate of drug-likeness (QED) is 0.798. The van der Waals surface area contributed by atoms with E-state index in [1.807, 2.05) is 0 Å². The number of aliphatic carboxylic acids is 1. The molecule has 0 aliphatic carbocycles. The number of carboxylic acid groups (broad SMARTS) is 1. The number of benzene rings is 2. The molecule has 0 unspecified atom stereocenters. The normalized spacial score (nSPS) is 11.7.